The van der Waals surface area contributed by atoms with Gasteiger partial charge in [0.05, 0.1) is 42.9 Å². The fourth-order valence-electron chi connectivity index (χ4n) is 4.57. The Morgan fingerprint density at radius 1 is 0.949 bits per heavy atom. The summed E-state index contributed by atoms with van der Waals surface area (Å²) in [5, 5.41) is 7.92. The minimum Gasteiger partial charge on any atom is -0.493 e. The van der Waals surface area contributed by atoms with Crippen LogP contribution in [0.25, 0.3) is 16.6 Å². The second-order valence-electron chi connectivity index (χ2n) is 9.20. The number of anilines is 1. The van der Waals surface area contributed by atoms with Crippen molar-refractivity contribution in [3.63, 3.8) is 0 Å². The number of nitrogens with one attached hydrogen (secondary N) is 1. The summed E-state index contributed by atoms with van der Waals surface area (Å²) in [6.07, 6.45) is 5.15. The highest BCUT2D eigenvalue weighted by molar-refractivity contribution is 6.05. The Balaban J connectivity index is 1.24. The zero-order valence-corrected chi connectivity index (χ0v) is 21.3. The molecule has 0 atom stereocenters. The van der Waals surface area contributed by atoms with E-state index in [1.54, 1.807) is 43.8 Å². The van der Waals surface area contributed by atoms with Gasteiger partial charge in [-0.1, -0.05) is 18.2 Å². The van der Waals surface area contributed by atoms with E-state index in [4.69, 9.17) is 14.2 Å². The van der Waals surface area contributed by atoms with Gasteiger partial charge >= 0.3 is 0 Å². The average molecular weight is 525 g/mol. The normalized spacial score (nSPS) is 12.8. The van der Waals surface area contributed by atoms with Gasteiger partial charge in [0.2, 0.25) is 0 Å². The van der Waals surface area contributed by atoms with Gasteiger partial charge in [-0.3, -0.25) is 9.78 Å². The van der Waals surface area contributed by atoms with Gasteiger partial charge in [0.1, 0.15) is 5.75 Å². The number of carbonyl (C=O) groups is 1. The first-order chi connectivity index (χ1) is 19.1. The zero-order valence-electron chi connectivity index (χ0n) is 21.3. The number of nitrogens with zero attached hydrogens (tertiary/aromatic N) is 3. The highest BCUT2D eigenvalue weighted by atomic mass is 19.1. The van der Waals surface area contributed by atoms with E-state index in [1.807, 2.05) is 35.0 Å². The van der Waals surface area contributed by atoms with E-state index in [0.717, 1.165) is 24.2 Å². The largest absolute Gasteiger partial charge is 0.493 e. The van der Waals surface area contributed by atoms with Crippen molar-refractivity contribution >= 4 is 22.5 Å². The maximum Gasteiger partial charge on any atom is 0.259 e. The number of pyridine rings is 1. The van der Waals surface area contributed by atoms with E-state index in [2.05, 4.69) is 15.4 Å². The predicted molar refractivity (Wildman–Crippen MR) is 145 cm³/mol. The van der Waals surface area contributed by atoms with E-state index >= 15 is 4.39 Å². The molecule has 2 heterocycles. The van der Waals surface area contributed by atoms with Gasteiger partial charge < -0.3 is 19.5 Å². The molecule has 0 aliphatic heterocycles. The van der Waals surface area contributed by atoms with E-state index < -0.39 is 5.82 Å². The summed E-state index contributed by atoms with van der Waals surface area (Å²) in [7, 11) is 3.08. The third-order valence-corrected chi connectivity index (χ3v) is 6.63. The number of carbonyl (C=O) groups excluding carboxylic acids is 1. The Kier molecular flexibility index (Phi) is 6.32. The van der Waals surface area contributed by atoms with E-state index in [1.165, 1.54) is 19.2 Å². The molecule has 1 saturated carbocycles. The first kappa shape index (κ1) is 24.4. The third-order valence-electron chi connectivity index (χ3n) is 6.63. The smallest absolute Gasteiger partial charge is 0.259 e. The average Bonchev–Trinajstić information content (AvgIpc) is 3.71. The Morgan fingerprint density at radius 2 is 1.72 bits per heavy atom. The molecule has 2 aromatic heterocycles. The maximum atomic E-state index is 15.1. The van der Waals surface area contributed by atoms with Gasteiger partial charge in [0, 0.05) is 35.3 Å². The van der Waals surface area contributed by atoms with Crippen LogP contribution in [0.5, 0.6) is 23.0 Å². The number of hydrogen-bond donors (Lipinski definition) is 1. The van der Waals surface area contributed by atoms with E-state index in [9.17, 15) is 4.79 Å². The molecule has 1 N–H and O–H groups in total. The Bertz CT molecular complexity index is 1680. The van der Waals surface area contributed by atoms with Gasteiger partial charge in [-0.05, 0) is 49.2 Å². The van der Waals surface area contributed by atoms with Gasteiger partial charge in [-0.2, -0.15) is 5.10 Å². The predicted octanol–water partition coefficient (Wildman–Crippen LogP) is 6.50. The molecule has 196 valence electrons. The Morgan fingerprint density at radius 3 is 2.44 bits per heavy atom. The molecule has 0 bridgehead atoms. The van der Waals surface area contributed by atoms with Crippen LogP contribution in [0.4, 0.5) is 10.1 Å². The summed E-state index contributed by atoms with van der Waals surface area (Å²) in [5.74, 6) is 0.746. The molecule has 3 aromatic carbocycles. The lowest BCUT2D eigenvalue weighted by atomic mass is 10.1. The fourth-order valence-corrected chi connectivity index (χ4v) is 4.57. The monoisotopic (exact) mass is 524 g/mol. The molecule has 9 heteroatoms. The molecule has 1 aliphatic rings. The molecule has 1 aliphatic carbocycles. The van der Waals surface area contributed by atoms with Crippen molar-refractivity contribution < 1.29 is 23.4 Å². The van der Waals surface area contributed by atoms with Gasteiger partial charge in [0.15, 0.2) is 23.1 Å². The quantitative estimate of drug-likeness (QED) is 0.249. The minimum absolute atomic E-state index is 0.00542. The Hall–Kier alpha value is -4.92. The number of benzene rings is 3. The minimum atomic E-state index is -0.624. The molecular formula is C30H25FN4O4. The second-order valence-corrected chi connectivity index (χ2v) is 9.20. The number of fused-ring (bicyclic) bond motifs is 1. The molecule has 0 radical (unpaired) electrons. The number of amides is 1. The molecule has 1 amide bonds. The summed E-state index contributed by atoms with van der Waals surface area (Å²) in [6.45, 7) is 0. The van der Waals surface area contributed by atoms with Gasteiger partial charge in [-0.15, -0.1) is 0 Å². The van der Waals surface area contributed by atoms with Crippen molar-refractivity contribution in [2.75, 3.05) is 19.5 Å². The van der Waals surface area contributed by atoms with Gasteiger partial charge in [-0.25, -0.2) is 9.07 Å². The first-order valence-electron chi connectivity index (χ1n) is 12.5. The lowest BCUT2D eigenvalue weighted by molar-refractivity contribution is 0.102. The first-order valence-corrected chi connectivity index (χ1v) is 12.5. The third kappa shape index (κ3) is 4.74. The van der Waals surface area contributed by atoms with Crippen LogP contribution in [0.3, 0.4) is 0 Å². The lowest BCUT2D eigenvalue weighted by Gasteiger charge is -2.13. The fraction of sp³-hybridized carbons (Fsp3) is 0.167. The summed E-state index contributed by atoms with van der Waals surface area (Å²) in [5.41, 5.74) is 3.16. The summed E-state index contributed by atoms with van der Waals surface area (Å²) in [6, 6.07) is 19.1. The van der Waals surface area contributed by atoms with Crippen molar-refractivity contribution in [2.45, 2.75) is 18.8 Å². The maximum absolute atomic E-state index is 15.1. The number of para-hydroxylation sites is 1. The van der Waals surface area contributed by atoms with Crippen LogP contribution in [0.2, 0.25) is 0 Å². The van der Waals surface area contributed by atoms with Crippen LogP contribution >= 0.6 is 0 Å². The van der Waals surface area contributed by atoms with Crippen molar-refractivity contribution in [1.29, 1.82) is 0 Å². The molecule has 39 heavy (non-hydrogen) atoms. The highest BCUT2D eigenvalue weighted by Crippen LogP contribution is 2.43. The number of rotatable bonds is 8. The van der Waals surface area contributed by atoms with Crippen molar-refractivity contribution in [3.8, 4) is 28.7 Å². The molecule has 0 unspecified atom stereocenters. The van der Waals surface area contributed by atoms with Crippen molar-refractivity contribution in [2.24, 2.45) is 0 Å². The highest BCUT2D eigenvalue weighted by Gasteiger charge is 2.33. The number of ether oxygens (including phenoxy) is 3. The summed E-state index contributed by atoms with van der Waals surface area (Å²) >= 11 is 0. The molecular weight excluding hydrogens is 499 g/mol. The van der Waals surface area contributed by atoms with Crippen molar-refractivity contribution in [1.82, 2.24) is 14.8 Å². The van der Waals surface area contributed by atoms with Crippen LogP contribution in [-0.2, 0) is 0 Å². The van der Waals surface area contributed by atoms with E-state index in [0.29, 0.717) is 39.4 Å². The summed E-state index contributed by atoms with van der Waals surface area (Å²) < 4.78 is 33.6. The number of methoxy groups -OCH3 is 2. The zero-order chi connectivity index (χ0) is 26.9. The van der Waals surface area contributed by atoms with Crippen LogP contribution in [-0.4, -0.2) is 34.9 Å². The molecule has 6 rings (SSSR count). The lowest BCUT2D eigenvalue weighted by Crippen LogP contribution is -2.14. The van der Waals surface area contributed by atoms with E-state index in [-0.39, 0.29) is 17.6 Å². The molecule has 8 nitrogen and oxygen atoms in total. The van der Waals surface area contributed by atoms with Crippen LogP contribution in [0.1, 0.15) is 34.8 Å². The molecule has 1 fully saturated rings. The molecule has 0 spiro atoms. The summed E-state index contributed by atoms with van der Waals surface area (Å²) in [4.78, 5) is 17.6. The standard InChI is InChI=1S/C30H25FN4O4/c1-37-27-15-21-24(16-28(27)38-2)32-13-12-25(21)39-26-11-10-19(14-23(26)31)34-30(36)22-17-33-35(29(22)18-8-9-18)20-6-4-3-5-7-20/h3-7,10-18H,8-9H2,1-2H3,(H,34,36). The van der Waals surface area contributed by atoms with Crippen LogP contribution in [0, 0.1) is 5.82 Å². The van der Waals surface area contributed by atoms with Crippen LogP contribution < -0.4 is 19.5 Å². The second kappa shape index (κ2) is 10.1. The number of halogens is 1. The molecule has 0 saturated heterocycles. The Labute approximate surface area is 224 Å². The van der Waals surface area contributed by atoms with Crippen LogP contribution in [0.15, 0.2) is 79.1 Å². The SMILES string of the molecule is COc1cc2nccc(Oc3ccc(NC(=O)c4cnn(-c5ccccc5)c4C4CC4)cc3F)c2cc1OC. The number of hydrogen-bond acceptors (Lipinski definition) is 6. The van der Waals surface area contributed by atoms with Crippen molar-refractivity contribution in [3.05, 3.63) is 96.2 Å². The topological polar surface area (TPSA) is 87.5 Å². The van der Waals surface area contributed by atoms with Gasteiger partial charge in [0.25, 0.3) is 5.91 Å². The molecule has 5 aromatic rings. The number of aromatic nitrogens is 3.